The summed E-state index contributed by atoms with van der Waals surface area (Å²) in [5.74, 6) is -5.94. The third-order valence-electron chi connectivity index (χ3n) is 4.07. The van der Waals surface area contributed by atoms with Gasteiger partial charge in [0.25, 0.3) is 5.56 Å². The van der Waals surface area contributed by atoms with Crippen LogP contribution in [0.1, 0.15) is 35.3 Å². The van der Waals surface area contributed by atoms with Crippen LogP contribution in [0.3, 0.4) is 0 Å². The van der Waals surface area contributed by atoms with E-state index in [-0.39, 0.29) is 24.6 Å². The van der Waals surface area contributed by atoms with Crippen molar-refractivity contribution in [2.45, 2.75) is 25.4 Å². The Morgan fingerprint density at radius 2 is 1.73 bits per heavy atom. The number of nitrogens with zero attached hydrogens (tertiary/aromatic N) is 1. The number of rotatable bonds is 2. The van der Waals surface area contributed by atoms with Crippen molar-refractivity contribution in [3.8, 4) is 0 Å². The van der Waals surface area contributed by atoms with Gasteiger partial charge in [-0.2, -0.15) is 13.2 Å². The number of carbonyl (C=O) groups is 3. The van der Waals surface area contributed by atoms with Gasteiger partial charge >= 0.3 is 6.18 Å². The summed E-state index contributed by atoms with van der Waals surface area (Å²) < 4.78 is 53.4. The lowest BCUT2D eigenvalue weighted by molar-refractivity contribution is -0.142. The number of H-pyrrole nitrogens is 1. The fraction of sp³-hybridized carbons (Fsp3) is 0.312. The monoisotopic (exact) mass is 370 g/mol. The molecule has 1 aliphatic carbocycles. The largest absolute Gasteiger partial charge is 0.434 e. The molecule has 1 N–H and O–H groups in total. The lowest BCUT2D eigenvalue weighted by Gasteiger charge is -2.20. The smallest absolute Gasteiger partial charge is 0.304 e. The highest BCUT2D eigenvalue weighted by molar-refractivity contribution is 6.25. The Morgan fingerprint density at radius 1 is 1.12 bits per heavy atom. The van der Waals surface area contributed by atoms with Crippen LogP contribution in [0.2, 0.25) is 0 Å². The standard InChI is InChI=1S/C16H10F4N2O4/c17-8-5-6-4-7(12(25)11-9(23)2-1-3-10(11)24)13(16(18,19)20)21-14(6)22-15(8)26/h4-5,11H,1-3H2,(H,21,22,26). The highest BCUT2D eigenvalue weighted by atomic mass is 19.4. The van der Waals surface area contributed by atoms with Gasteiger partial charge in [-0.15, -0.1) is 0 Å². The van der Waals surface area contributed by atoms with Crippen LogP contribution in [0.15, 0.2) is 16.9 Å². The van der Waals surface area contributed by atoms with E-state index >= 15 is 0 Å². The van der Waals surface area contributed by atoms with Gasteiger partial charge in [-0.1, -0.05) is 0 Å². The number of hydrogen-bond acceptors (Lipinski definition) is 5. The maximum Gasteiger partial charge on any atom is 0.434 e. The molecule has 3 rings (SSSR count). The minimum Gasteiger partial charge on any atom is -0.304 e. The van der Waals surface area contributed by atoms with E-state index in [0.717, 1.165) is 0 Å². The van der Waals surface area contributed by atoms with E-state index in [2.05, 4.69) is 4.98 Å². The van der Waals surface area contributed by atoms with E-state index in [1.165, 1.54) is 0 Å². The van der Waals surface area contributed by atoms with Crippen molar-refractivity contribution >= 4 is 28.4 Å². The summed E-state index contributed by atoms with van der Waals surface area (Å²) in [5.41, 5.74) is -4.50. The summed E-state index contributed by atoms with van der Waals surface area (Å²) in [4.78, 5) is 52.6. The molecular weight excluding hydrogens is 360 g/mol. The molecule has 26 heavy (non-hydrogen) atoms. The summed E-state index contributed by atoms with van der Waals surface area (Å²) in [6.45, 7) is 0. The summed E-state index contributed by atoms with van der Waals surface area (Å²) in [6, 6.07) is 1.31. The summed E-state index contributed by atoms with van der Waals surface area (Å²) in [7, 11) is 0. The second-order valence-electron chi connectivity index (χ2n) is 5.85. The molecule has 2 heterocycles. The Kier molecular flexibility index (Phi) is 4.21. The average Bonchev–Trinajstić information content (AvgIpc) is 2.53. The zero-order valence-corrected chi connectivity index (χ0v) is 12.9. The Labute approximate surface area is 142 Å². The molecule has 1 saturated carbocycles. The van der Waals surface area contributed by atoms with Gasteiger partial charge < -0.3 is 4.98 Å². The number of pyridine rings is 2. The minimum atomic E-state index is -5.09. The molecule has 1 fully saturated rings. The summed E-state index contributed by atoms with van der Waals surface area (Å²) >= 11 is 0. The predicted octanol–water partition coefficient (Wildman–Crippen LogP) is 2.20. The van der Waals surface area contributed by atoms with Crippen LogP contribution < -0.4 is 5.56 Å². The van der Waals surface area contributed by atoms with Gasteiger partial charge in [0.05, 0.1) is 5.56 Å². The molecule has 0 radical (unpaired) electrons. The molecule has 1 aliphatic rings. The van der Waals surface area contributed by atoms with Gasteiger partial charge in [-0.25, -0.2) is 9.37 Å². The fourth-order valence-electron chi connectivity index (χ4n) is 2.87. The van der Waals surface area contributed by atoms with Crippen LogP contribution in [0.5, 0.6) is 0 Å². The van der Waals surface area contributed by atoms with Crippen LogP contribution in [-0.4, -0.2) is 27.3 Å². The van der Waals surface area contributed by atoms with Gasteiger partial charge in [0.15, 0.2) is 28.9 Å². The number of alkyl halides is 3. The molecule has 0 bridgehead atoms. The molecule has 10 heteroatoms. The topological polar surface area (TPSA) is 97.0 Å². The molecule has 6 nitrogen and oxygen atoms in total. The molecule has 0 unspecified atom stereocenters. The first-order valence-corrected chi connectivity index (χ1v) is 7.50. The molecule has 0 amide bonds. The van der Waals surface area contributed by atoms with Crippen molar-refractivity contribution in [1.82, 2.24) is 9.97 Å². The van der Waals surface area contributed by atoms with E-state index in [1.807, 2.05) is 4.98 Å². The van der Waals surface area contributed by atoms with Crippen LogP contribution in [-0.2, 0) is 15.8 Å². The molecule has 0 atom stereocenters. The zero-order valence-electron chi connectivity index (χ0n) is 12.9. The maximum atomic E-state index is 13.4. The van der Waals surface area contributed by atoms with Crippen molar-refractivity contribution in [2.24, 2.45) is 5.92 Å². The molecule has 2 aromatic heterocycles. The van der Waals surface area contributed by atoms with E-state index in [0.29, 0.717) is 12.1 Å². The highest BCUT2D eigenvalue weighted by Crippen LogP contribution is 2.34. The number of carbonyl (C=O) groups excluding carboxylic acids is 3. The van der Waals surface area contributed by atoms with Crippen molar-refractivity contribution in [3.63, 3.8) is 0 Å². The van der Waals surface area contributed by atoms with Gasteiger partial charge in [-0.05, 0) is 18.6 Å². The first-order valence-electron chi connectivity index (χ1n) is 7.50. The average molecular weight is 370 g/mol. The minimum absolute atomic E-state index is 0.0908. The Hall–Kier alpha value is -2.91. The molecular formula is C16H10F4N2O4. The van der Waals surface area contributed by atoms with Gasteiger partial charge in [0, 0.05) is 18.2 Å². The van der Waals surface area contributed by atoms with Crippen LogP contribution in [0.4, 0.5) is 17.6 Å². The number of ketones is 3. The predicted molar refractivity (Wildman–Crippen MR) is 79.0 cm³/mol. The van der Waals surface area contributed by atoms with E-state index < -0.39 is 57.7 Å². The highest BCUT2D eigenvalue weighted by Gasteiger charge is 2.43. The number of halogens is 4. The normalized spacial score (nSPS) is 16.3. The van der Waals surface area contributed by atoms with Crippen molar-refractivity contribution in [1.29, 1.82) is 0 Å². The second-order valence-corrected chi connectivity index (χ2v) is 5.85. The van der Waals surface area contributed by atoms with Crippen molar-refractivity contribution in [2.75, 3.05) is 0 Å². The van der Waals surface area contributed by atoms with Gasteiger partial charge in [0.2, 0.25) is 0 Å². The van der Waals surface area contributed by atoms with Crippen LogP contribution >= 0.6 is 0 Å². The molecule has 0 aromatic carbocycles. The van der Waals surface area contributed by atoms with Gasteiger partial charge in [0.1, 0.15) is 11.6 Å². The van der Waals surface area contributed by atoms with Crippen molar-refractivity contribution < 1.29 is 31.9 Å². The van der Waals surface area contributed by atoms with E-state index in [1.54, 1.807) is 0 Å². The van der Waals surface area contributed by atoms with Crippen molar-refractivity contribution in [3.05, 3.63) is 39.6 Å². The summed E-state index contributed by atoms with van der Waals surface area (Å²) in [5, 5.41) is -0.269. The molecule has 0 saturated heterocycles. The second kappa shape index (κ2) is 6.11. The number of fused-ring (bicyclic) bond motifs is 1. The Balaban J connectivity index is 2.24. The third-order valence-corrected chi connectivity index (χ3v) is 4.07. The quantitative estimate of drug-likeness (QED) is 0.497. The molecule has 136 valence electrons. The van der Waals surface area contributed by atoms with Gasteiger partial charge in [-0.3, -0.25) is 19.2 Å². The zero-order chi connectivity index (χ0) is 19.2. The van der Waals surface area contributed by atoms with Crippen LogP contribution in [0.25, 0.3) is 11.0 Å². The number of nitrogens with one attached hydrogen (secondary N) is 1. The third kappa shape index (κ3) is 3.02. The number of hydrogen-bond donors (Lipinski definition) is 1. The lowest BCUT2D eigenvalue weighted by Crippen LogP contribution is -2.36. The van der Waals surface area contributed by atoms with Crippen LogP contribution in [0, 0.1) is 11.7 Å². The van der Waals surface area contributed by atoms with E-state index in [4.69, 9.17) is 0 Å². The summed E-state index contributed by atoms with van der Waals surface area (Å²) in [6.07, 6.45) is -5.04. The SMILES string of the molecule is O=C1CCCC(=O)C1C(=O)c1cc2cc(F)c(=O)[nH]c2nc1C(F)(F)F. The number of aromatic amines is 1. The van der Waals surface area contributed by atoms with E-state index in [9.17, 15) is 36.7 Å². The molecule has 2 aromatic rings. The number of Topliss-reactive ketones (excluding diaryl/α,β-unsaturated/α-hetero) is 3. The first kappa shape index (κ1) is 17.9. The molecule has 0 spiro atoms. The Morgan fingerprint density at radius 3 is 2.31 bits per heavy atom. The first-order chi connectivity index (χ1) is 12.1. The fourth-order valence-corrected chi connectivity index (χ4v) is 2.87. The Bertz CT molecular complexity index is 994. The maximum absolute atomic E-state index is 13.4. The lowest BCUT2D eigenvalue weighted by atomic mass is 9.81. The number of aromatic nitrogens is 2. The molecule has 0 aliphatic heterocycles.